The molecule has 1 aromatic heterocycles. The third kappa shape index (κ3) is 4.10. The molecule has 0 atom stereocenters. The van der Waals surface area contributed by atoms with E-state index in [9.17, 15) is 9.59 Å². The first kappa shape index (κ1) is 21.2. The standard InChI is InChI=1S/C26H26N2O2S/c1-17-9-8-10-18(2)24(17)28-19(3)15-22(20(28)4)16-23-25(29)27(26(30)31-23)14-13-21-11-6-5-7-12-21/h5-12,15-16H,13-14H2,1-4H3/b23-16-. The summed E-state index contributed by atoms with van der Waals surface area (Å²) in [6.45, 7) is 8.75. The summed E-state index contributed by atoms with van der Waals surface area (Å²) in [5, 5.41) is -0.198. The van der Waals surface area contributed by atoms with Crippen molar-refractivity contribution in [1.29, 1.82) is 0 Å². The van der Waals surface area contributed by atoms with Crippen LogP contribution in [0.2, 0.25) is 0 Å². The maximum absolute atomic E-state index is 12.9. The number of benzene rings is 2. The first-order chi connectivity index (χ1) is 14.9. The van der Waals surface area contributed by atoms with Gasteiger partial charge in [-0.2, -0.15) is 0 Å². The molecule has 3 aromatic rings. The van der Waals surface area contributed by atoms with Gasteiger partial charge in [-0.25, -0.2) is 0 Å². The first-order valence-electron chi connectivity index (χ1n) is 10.4. The van der Waals surface area contributed by atoms with Crippen molar-refractivity contribution in [2.45, 2.75) is 34.1 Å². The van der Waals surface area contributed by atoms with Crippen LogP contribution in [0.25, 0.3) is 11.8 Å². The molecule has 2 aromatic carbocycles. The Bertz CT molecular complexity index is 1170. The largest absolute Gasteiger partial charge is 0.317 e. The van der Waals surface area contributed by atoms with Crippen LogP contribution < -0.4 is 0 Å². The second-order valence-corrected chi connectivity index (χ2v) is 8.96. The molecule has 1 aliphatic heterocycles. The van der Waals surface area contributed by atoms with Crippen LogP contribution in [0.3, 0.4) is 0 Å². The fourth-order valence-corrected chi connectivity index (χ4v) is 5.01. The summed E-state index contributed by atoms with van der Waals surface area (Å²) < 4.78 is 2.23. The van der Waals surface area contributed by atoms with Gasteiger partial charge in [-0.15, -0.1) is 0 Å². The topological polar surface area (TPSA) is 42.3 Å². The van der Waals surface area contributed by atoms with Crippen molar-refractivity contribution in [3.63, 3.8) is 0 Å². The second kappa shape index (κ2) is 8.60. The highest BCUT2D eigenvalue weighted by Crippen LogP contribution is 2.34. The van der Waals surface area contributed by atoms with E-state index in [1.54, 1.807) is 0 Å². The molecule has 0 aliphatic carbocycles. The van der Waals surface area contributed by atoms with E-state index >= 15 is 0 Å². The molecule has 1 saturated heterocycles. The Morgan fingerprint density at radius 1 is 0.903 bits per heavy atom. The van der Waals surface area contributed by atoms with E-state index in [4.69, 9.17) is 0 Å². The van der Waals surface area contributed by atoms with Crippen LogP contribution in [0.4, 0.5) is 4.79 Å². The Morgan fingerprint density at radius 3 is 2.26 bits per heavy atom. The molecule has 31 heavy (non-hydrogen) atoms. The molecule has 0 radical (unpaired) electrons. The van der Waals surface area contributed by atoms with Crippen molar-refractivity contribution in [3.05, 3.63) is 93.1 Å². The third-order valence-corrected chi connectivity index (χ3v) is 6.67. The van der Waals surface area contributed by atoms with Gasteiger partial charge >= 0.3 is 0 Å². The number of nitrogens with zero attached hydrogens (tertiary/aromatic N) is 2. The SMILES string of the molecule is Cc1cccc(C)c1-n1c(C)cc(/C=C2\SC(=O)N(CCc3ccccc3)C2=O)c1C. The Labute approximate surface area is 187 Å². The highest BCUT2D eigenvalue weighted by Gasteiger charge is 2.34. The van der Waals surface area contributed by atoms with Gasteiger partial charge in [0.05, 0.1) is 10.6 Å². The number of imide groups is 1. The molecule has 1 fully saturated rings. The third-order valence-electron chi connectivity index (χ3n) is 5.76. The van der Waals surface area contributed by atoms with E-state index in [0.29, 0.717) is 17.9 Å². The Morgan fingerprint density at radius 2 is 1.58 bits per heavy atom. The maximum atomic E-state index is 12.9. The zero-order chi connectivity index (χ0) is 22.1. The van der Waals surface area contributed by atoms with E-state index < -0.39 is 0 Å². The van der Waals surface area contributed by atoms with Crippen molar-refractivity contribution < 1.29 is 9.59 Å². The second-order valence-electron chi connectivity index (χ2n) is 7.97. The molecule has 4 nitrogen and oxygen atoms in total. The van der Waals surface area contributed by atoms with Gasteiger partial charge in [0.1, 0.15) is 0 Å². The van der Waals surface area contributed by atoms with Crippen LogP contribution in [-0.2, 0) is 11.2 Å². The van der Waals surface area contributed by atoms with Gasteiger partial charge in [-0.05, 0) is 80.3 Å². The fourth-order valence-electron chi connectivity index (χ4n) is 4.16. The quantitative estimate of drug-likeness (QED) is 0.467. The van der Waals surface area contributed by atoms with Gasteiger partial charge in [0.25, 0.3) is 11.1 Å². The highest BCUT2D eigenvalue weighted by molar-refractivity contribution is 8.18. The number of thioether (sulfide) groups is 1. The van der Waals surface area contributed by atoms with Gasteiger partial charge in [0.2, 0.25) is 0 Å². The Kier molecular flexibility index (Phi) is 5.88. The van der Waals surface area contributed by atoms with Crippen molar-refractivity contribution in [1.82, 2.24) is 9.47 Å². The zero-order valence-corrected chi connectivity index (χ0v) is 19.1. The van der Waals surface area contributed by atoms with Crippen molar-refractivity contribution in [2.75, 3.05) is 6.54 Å². The summed E-state index contributed by atoms with van der Waals surface area (Å²) in [4.78, 5) is 27.3. The van der Waals surface area contributed by atoms with Gasteiger partial charge in [0.15, 0.2) is 0 Å². The molecular weight excluding hydrogens is 404 g/mol. The van der Waals surface area contributed by atoms with Gasteiger partial charge < -0.3 is 4.57 Å². The van der Waals surface area contributed by atoms with Crippen molar-refractivity contribution in [3.8, 4) is 5.69 Å². The molecule has 1 aliphatic rings. The number of para-hydroxylation sites is 1. The van der Waals surface area contributed by atoms with E-state index in [1.807, 2.05) is 36.4 Å². The fraction of sp³-hybridized carbons (Fsp3) is 0.231. The van der Waals surface area contributed by atoms with E-state index in [0.717, 1.165) is 34.3 Å². The Hall–Kier alpha value is -3.05. The molecular formula is C26H26N2O2S. The lowest BCUT2D eigenvalue weighted by Crippen LogP contribution is -2.30. The van der Waals surface area contributed by atoms with Crippen LogP contribution in [0, 0.1) is 27.7 Å². The lowest BCUT2D eigenvalue weighted by Gasteiger charge is -2.15. The van der Waals surface area contributed by atoms with E-state index in [1.165, 1.54) is 21.7 Å². The van der Waals surface area contributed by atoms with Crippen LogP contribution in [0.5, 0.6) is 0 Å². The summed E-state index contributed by atoms with van der Waals surface area (Å²) >= 11 is 1.03. The molecule has 4 rings (SSSR count). The number of hydrogen-bond acceptors (Lipinski definition) is 3. The molecule has 158 valence electrons. The summed E-state index contributed by atoms with van der Waals surface area (Å²) in [7, 11) is 0. The first-order valence-corrected chi connectivity index (χ1v) is 11.2. The number of amides is 2. The maximum Gasteiger partial charge on any atom is 0.293 e. The summed E-state index contributed by atoms with van der Waals surface area (Å²) in [5.41, 5.74) is 7.82. The minimum atomic E-state index is -0.206. The Balaban J connectivity index is 1.61. The minimum Gasteiger partial charge on any atom is -0.317 e. The van der Waals surface area contributed by atoms with Crippen LogP contribution >= 0.6 is 11.8 Å². The molecule has 0 unspecified atom stereocenters. The lowest BCUT2D eigenvalue weighted by molar-refractivity contribution is -0.122. The van der Waals surface area contributed by atoms with E-state index in [-0.39, 0.29) is 11.1 Å². The van der Waals surface area contributed by atoms with Crippen molar-refractivity contribution in [2.24, 2.45) is 0 Å². The summed E-state index contributed by atoms with van der Waals surface area (Å²) in [6.07, 6.45) is 2.52. The highest BCUT2D eigenvalue weighted by atomic mass is 32.2. The molecule has 2 amide bonds. The minimum absolute atomic E-state index is 0.198. The summed E-state index contributed by atoms with van der Waals surface area (Å²) in [5.74, 6) is -0.206. The number of hydrogen-bond donors (Lipinski definition) is 0. The smallest absolute Gasteiger partial charge is 0.293 e. The number of carbonyl (C=O) groups is 2. The monoisotopic (exact) mass is 430 g/mol. The number of carbonyl (C=O) groups excluding carboxylic acids is 2. The number of rotatable bonds is 5. The van der Waals surface area contributed by atoms with Crippen molar-refractivity contribution >= 4 is 29.0 Å². The zero-order valence-electron chi connectivity index (χ0n) is 18.3. The summed E-state index contributed by atoms with van der Waals surface area (Å²) in [6, 6.07) is 18.3. The van der Waals surface area contributed by atoms with Gasteiger partial charge in [-0.1, -0.05) is 48.5 Å². The number of aromatic nitrogens is 1. The molecule has 2 heterocycles. The molecule has 5 heteroatoms. The van der Waals surface area contributed by atoms with E-state index in [2.05, 4.69) is 56.5 Å². The van der Waals surface area contributed by atoms with Crippen LogP contribution in [-0.4, -0.2) is 27.2 Å². The van der Waals surface area contributed by atoms with Crippen LogP contribution in [0.15, 0.2) is 59.5 Å². The molecule has 0 spiro atoms. The molecule has 0 N–H and O–H groups in total. The van der Waals surface area contributed by atoms with Gasteiger partial charge in [0, 0.05) is 17.9 Å². The van der Waals surface area contributed by atoms with Gasteiger partial charge in [-0.3, -0.25) is 14.5 Å². The average Bonchev–Trinajstić information content (AvgIpc) is 3.16. The normalized spacial score (nSPS) is 15.4. The molecule has 0 saturated carbocycles. The predicted octanol–water partition coefficient (Wildman–Crippen LogP) is 5.99. The average molecular weight is 431 g/mol. The predicted molar refractivity (Wildman–Crippen MR) is 128 cm³/mol. The lowest BCUT2D eigenvalue weighted by atomic mass is 10.1. The number of aryl methyl sites for hydroxylation is 3. The molecule has 0 bridgehead atoms. The van der Waals surface area contributed by atoms with Crippen LogP contribution in [0.1, 0.15) is 33.6 Å².